The molecule has 0 bridgehead atoms. The standard InChI is InChI=1S/C16H32N2O/c1-12-7-15(2,3)10-16(8-12,11-17)18-14-6-4-5-13(14)9-19/h12-14,18-19H,4-11,17H2,1-3H3. The smallest absolute Gasteiger partial charge is 0.0474 e. The molecule has 2 fully saturated rings. The van der Waals surface area contributed by atoms with Crippen LogP contribution in [0.5, 0.6) is 0 Å². The molecule has 0 radical (unpaired) electrons. The maximum absolute atomic E-state index is 9.51. The molecule has 2 rings (SSSR count). The van der Waals surface area contributed by atoms with E-state index in [9.17, 15) is 5.11 Å². The largest absolute Gasteiger partial charge is 0.396 e. The van der Waals surface area contributed by atoms with E-state index in [0.717, 1.165) is 25.3 Å². The lowest BCUT2D eigenvalue weighted by molar-refractivity contribution is 0.0676. The summed E-state index contributed by atoms with van der Waals surface area (Å²) in [6.45, 7) is 8.12. The van der Waals surface area contributed by atoms with Crippen LogP contribution in [-0.4, -0.2) is 29.8 Å². The minimum Gasteiger partial charge on any atom is -0.396 e. The number of nitrogens with two attached hydrogens (primary N) is 1. The number of nitrogens with one attached hydrogen (secondary N) is 1. The van der Waals surface area contributed by atoms with Crippen LogP contribution in [0.15, 0.2) is 0 Å². The van der Waals surface area contributed by atoms with Crippen LogP contribution in [0, 0.1) is 17.3 Å². The summed E-state index contributed by atoms with van der Waals surface area (Å²) in [4.78, 5) is 0. The van der Waals surface area contributed by atoms with Crippen molar-refractivity contribution in [3.8, 4) is 0 Å². The molecule has 0 aromatic heterocycles. The number of hydrogen-bond donors (Lipinski definition) is 3. The van der Waals surface area contributed by atoms with Gasteiger partial charge in [-0.3, -0.25) is 0 Å². The van der Waals surface area contributed by atoms with Crippen molar-refractivity contribution in [1.29, 1.82) is 0 Å². The number of aliphatic hydroxyl groups is 1. The first kappa shape index (κ1) is 15.3. The summed E-state index contributed by atoms with van der Waals surface area (Å²) >= 11 is 0. The van der Waals surface area contributed by atoms with E-state index in [0.29, 0.717) is 24.0 Å². The molecular formula is C16H32N2O. The minimum absolute atomic E-state index is 0.0869. The molecule has 19 heavy (non-hydrogen) atoms. The van der Waals surface area contributed by atoms with Gasteiger partial charge in [-0.2, -0.15) is 0 Å². The average Bonchev–Trinajstić information content (AvgIpc) is 2.73. The second-order valence-corrected chi connectivity index (χ2v) is 7.96. The van der Waals surface area contributed by atoms with Gasteiger partial charge in [0.25, 0.3) is 0 Å². The van der Waals surface area contributed by atoms with E-state index in [1.165, 1.54) is 25.7 Å². The van der Waals surface area contributed by atoms with Gasteiger partial charge in [-0.15, -0.1) is 0 Å². The fourth-order valence-corrected chi connectivity index (χ4v) is 4.91. The summed E-state index contributed by atoms with van der Waals surface area (Å²) in [6.07, 6.45) is 7.24. The fraction of sp³-hybridized carbons (Fsp3) is 1.00. The van der Waals surface area contributed by atoms with Crippen LogP contribution in [-0.2, 0) is 0 Å². The quantitative estimate of drug-likeness (QED) is 0.733. The number of rotatable bonds is 4. The Hall–Kier alpha value is -0.120. The zero-order chi connectivity index (χ0) is 14.1. The molecule has 112 valence electrons. The normalized spacial score (nSPS) is 42.5. The van der Waals surface area contributed by atoms with E-state index < -0.39 is 0 Å². The fourth-order valence-electron chi connectivity index (χ4n) is 4.91. The Morgan fingerprint density at radius 3 is 2.58 bits per heavy atom. The van der Waals surface area contributed by atoms with E-state index >= 15 is 0 Å². The molecular weight excluding hydrogens is 236 g/mol. The lowest BCUT2D eigenvalue weighted by Crippen LogP contribution is -2.60. The predicted molar refractivity (Wildman–Crippen MR) is 79.9 cm³/mol. The molecule has 2 aliphatic rings. The summed E-state index contributed by atoms with van der Waals surface area (Å²) in [7, 11) is 0. The predicted octanol–water partition coefficient (Wildman–Crippen LogP) is 2.28. The van der Waals surface area contributed by atoms with Gasteiger partial charge in [0.2, 0.25) is 0 Å². The van der Waals surface area contributed by atoms with Crippen LogP contribution in [0.3, 0.4) is 0 Å². The highest BCUT2D eigenvalue weighted by Gasteiger charge is 2.44. The van der Waals surface area contributed by atoms with Gasteiger partial charge in [0.05, 0.1) is 0 Å². The van der Waals surface area contributed by atoms with Crippen molar-refractivity contribution in [2.45, 2.75) is 70.9 Å². The number of hydrogen-bond acceptors (Lipinski definition) is 3. The van der Waals surface area contributed by atoms with Crippen LogP contribution in [0.2, 0.25) is 0 Å². The first-order valence-corrected chi connectivity index (χ1v) is 7.98. The van der Waals surface area contributed by atoms with Crippen LogP contribution in [0.25, 0.3) is 0 Å². The third-order valence-corrected chi connectivity index (χ3v) is 5.23. The van der Waals surface area contributed by atoms with Crippen molar-refractivity contribution in [1.82, 2.24) is 5.32 Å². The molecule has 4 unspecified atom stereocenters. The van der Waals surface area contributed by atoms with E-state index in [1.807, 2.05) is 0 Å². The molecule has 3 nitrogen and oxygen atoms in total. The van der Waals surface area contributed by atoms with Gasteiger partial charge >= 0.3 is 0 Å². The summed E-state index contributed by atoms with van der Waals surface area (Å²) < 4.78 is 0. The summed E-state index contributed by atoms with van der Waals surface area (Å²) in [5, 5.41) is 13.4. The van der Waals surface area contributed by atoms with Gasteiger partial charge in [-0.1, -0.05) is 27.2 Å². The molecule has 2 saturated carbocycles. The third-order valence-electron chi connectivity index (χ3n) is 5.23. The molecule has 0 saturated heterocycles. The van der Waals surface area contributed by atoms with Gasteiger partial charge in [-0.25, -0.2) is 0 Å². The molecule has 4 atom stereocenters. The molecule has 0 aromatic carbocycles. The Morgan fingerprint density at radius 1 is 1.26 bits per heavy atom. The van der Waals surface area contributed by atoms with E-state index in [1.54, 1.807) is 0 Å². The van der Waals surface area contributed by atoms with E-state index in [4.69, 9.17) is 5.73 Å². The Balaban J connectivity index is 2.09. The van der Waals surface area contributed by atoms with Crippen molar-refractivity contribution in [3.63, 3.8) is 0 Å². The molecule has 0 aliphatic heterocycles. The molecule has 0 spiro atoms. The maximum atomic E-state index is 9.51. The first-order chi connectivity index (χ1) is 8.90. The van der Waals surface area contributed by atoms with Crippen LogP contribution >= 0.6 is 0 Å². The Labute approximate surface area is 118 Å². The van der Waals surface area contributed by atoms with Gasteiger partial charge in [0.1, 0.15) is 0 Å². The van der Waals surface area contributed by atoms with Crippen molar-refractivity contribution in [2.24, 2.45) is 23.0 Å². The van der Waals surface area contributed by atoms with Crippen molar-refractivity contribution in [2.75, 3.05) is 13.2 Å². The summed E-state index contributed by atoms with van der Waals surface area (Å²) in [5.74, 6) is 1.16. The molecule has 0 amide bonds. The molecule has 0 aromatic rings. The SMILES string of the molecule is CC1CC(C)(C)CC(CN)(NC2CCCC2CO)C1. The molecule has 3 heteroatoms. The second-order valence-electron chi connectivity index (χ2n) is 7.96. The lowest BCUT2D eigenvalue weighted by atomic mass is 9.64. The van der Waals surface area contributed by atoms with Crippen LogP contribution in [0.1, 0.15) is 59.3 Å². The highest BCUT2D eigenvalue weighted by atomic mass is 16.3. The summed E-state index contributed by atoms with van der Waals surface area (Å²) in [5.41, 5.74) is 6.62. The van der Waals surface area contributed by atoms with Gasteiger partial charge < -0.3 is 16.2 Å². The van der Waals surface area contributed by atoms with Crippen LogP contribution in [0.4, 0.5) is 0 Å². The zero-order valence-electron chi connectivity index (χ0n) is 12.9. The Morgan fingerprint density at radius 2 is 2.00 bits per heavy atom. The first-order valence-electron chi connectivity index (χ1n) is 7.98. The Kier molecular flexibility index (Phi) is 4.59. The highest BCUT2D eigenvalue weighted by molar-refractivity contribution is 5.02. The Bertz CT molecular complexity index is 305. The molecule has 2 aliphatic carbocycles. The van der Waals surface area contributed by atoms with Crippen molar-refractivity contribution in [3.05, 3.63) is 0 Å². The maximum Gasteiger partial charge on any atom is 0.0474 e. The lowest BCUT2D eigenvalue weighted by Gasteiger charge is -2.49. The molecule has 4 N–H and O–H groups in total. The monoisotopic (exact) mass is 268 g/mol. The van der Waals surface area contributed by atoms with Crippen molar-refractivity contribution < 1.29 is 5.11 Å². The highest BCUT2D eigenvalue weighted by Crippen LogP contribution is 2.44. The average molecular weight is 268 g/mol. The topological polar surface area (TPSA) is 58.3 Å². The van der Waals surface area contributed by atoms with E-state index in [2.05, 4.69) is 26.1 Å². The number of aliphatic hydroxyl groups excluding tert-OH is 1. The van der Waals surface area contributed by atoms with Gasteiger partial charge in [0.15, 0.2) is 0 Å². The second kappa shape index (κ2) is 5.71. The molecule has 0 heterocycles. The van der Waals surface area contributed by atoms with Crippen molar-refractivity contribution >= 4 is 0 Å². The van der Waals surface area contributed by atoms with Crippen LogP contribution < -0.4 is 11.1 Å². The minimum atomic E-state index is 0.0869. The van der Waals surface area contributed by atoms with Gasteiger partial charge in [0, 0.05) is 24.7 Å². The summed E-state index contributed by atoms with van der Waals surface area (Å²) in [6, 6.07) is 0.467. The zero-order valence-corrected chi connectivity index (χ0v) is 12.9. The third kappa shape index (κ3) is 3.50. The van der Waals surface area contributed by atoms with E-state index in [-0.39, 0.29) is 5.54 Å². The van der Waals surface area contributed by atoms with Gasteiger partial charge in [-0.05, 0) is 49.4 Å².